The van der Waals surface area contributed by atoms with E-state index in [1.165, 1.54) is 0 Å². The maximum absolute atomic E-state index is 5.44. The number of nitrogens with zero attached hydrogens (tertiary/aromatic N) is 6. The molecule has 4 rings (SSSR count). The number of hydrogen-bond acceptors (Lipinski definition) is 8. The normalized spacial score (nSPS) is 14.8. The Hall–Kier alpha value is -2.78. The molecule has 0 amide bonds. The first-order valence-corrected chi connectivity index (χ1v) is 7.95. The van der Waals surface area contributed by atoms with Crippen LogP contribution in [0.15, 0.2) is 31.0 Å². The first kappa shape index (κ1) is 15.7. The fourth-order valence-electron chi connectivity index (χ4n) is 2.78. The van der Waals surface area contributed by atoms with Crippen LogP contribution in [0.1, 0.15) is 0 Å². The van der Waals surface area contributed by atoms with Gasteiger partial charge in [0.25, 0.3) is 0 Å². The van der Waals surface area contributed by atoms with E-state index in [2.05, 4.69) is 25.0 Å². The molecule has 3 aromatic rings. The van der Waals surface area contributed by atoms with Crippen LogP contribution in [0.4, 0.5) is 5.82 Å². The second-order valence-electron chi connectivity index (χ2n) is 5.52. The zero-order valence-electron chi connectivity index (χ0n) is 13.8. The van der Waals surface area contributed by atoms with E-state index in [0.29, 0.717) is 19.0 Å². The van der Waals surface area contributed by atoms with Gasteiger partial charge in [-0.2, -0.15) is 5.10 Å². The minimum Gasteiger partial charge on any atom is -0.466 e. The average Bonchev–Trinajstić information content (AvgIpc) is 3.11. The molecule has 1 aliphatic rings. The summed E-state index contributed by atoms with van der Waals surface area (Å²) in [6.45, 7) is 3.16. The van der Waals surface area contributed by atoms with E-state index in [9.17, 15) is 0 Å². The topological polar surface area (TPSA) is 87.4 Å². The van der Waals surface area contributed by atoms with E-state index in [-0.39, 0.29) is 6.79 Å². The Kier molecular flexibility index (Phi) is 4.40. The van der Waals surface area contributed by atoms with Gasteiger partial charge in [0.2, 0.25) is 0 Å². The van der Waals surface area contributed by atoms with E-state index in [0.717, 1.165) is 35.6 Å². The van der Waals surface area contributed by atoms with E-state index in [1.807, 2.05) is 6.07 Å². The molecule has 0 spiro atoms. The number of morpholine rings is 1. The Morgan fingerprint density at radius 2 is 2.04 bits per heavy atom. The van der Waals surface area contributed by atoms with Crippen molar-refractivity contribution < 1.29 is 14.2 Å². The van der Waals surface area contributed by atoms with Crippen LogP contribution in [0.5, 0.6) is 5.75 Å². The minimum absolute atomic E-state index is 0.161. The van der Waals surface area contributed by atoms with Gasteiger partial charge in [-0.25, -0.2) is 14.6 Å². The number of aromatic nitrogens is 5. The molecule has 0 radical (unpaired) electrons. The van der Waals surface area contributed by atoms with Crippen LogP contribution < -0.4 is 9.64 Å². The molecular weight excluding hydrogens is 324 g/mol. The molecule has 9 heteroatoms. The predicted octanol–water partition coefficient (Wildman–Crippen LogP) is 1.03. The highest BCUT2D eigenvalue weighted by molar-refractivity contribution is 5.87. The molecule has 1 aliphatic heterocycles. The van der Waals surface area contributed by atoms with Crippen molar-refractivity contribution in [3.63, 3.8) is 0 Å². The van der Waals surface area contributed by atoms with Gasteiger partial charge in [0.05, 0.1) is 42.9 Å². The van der Waals surface area contributed by atoms with Crippen molar-refractivity contribution in [2.24, 2.45) is 0 Å². The highest BCUT2D eigenvalue weighted by Gasteiger charge is 2.18. The van der Waals surface area contributed by atoms with Crippen LogP contribution in [-0.4, -0.2) is 64.9 Å². The third kappa shape index (κ3) is 3.11. The molecule has 130 valence electrons. The zero-order chi connectivity index (χ0) is 17.1. The fraction of sp³-hybridized carbons (Fsp3) is 0.375. The molecule has 4 heterocycles. The summed E-state index contributed by atoms with van der Waals surface area (Å²) >= 11 is 0. The number of rotatable bonds is 5. The average molecular weight is 342 g/mol. The summed E-state index contributed by atoms with van der Waals surface area (Å²) in [5.74, 6) is 1.48. The van der Waals surface area contributed by atoms with E-state index >= 15 is 0 Å². The lowest BCUT2D eigenvalue weighted by Crippen LogP contribution is -2.36. The molecule has 0 atom stereocenters. The Morgan fingerprint density at radius 1 is 1.16 bits per heavy atom. The van der Waals surface area contributed by atoms with Gasteiger partial charge in [-0.1, -0.05) is 0 Å². The lowest BCUT2D eigenvalue weighted by atomic mass is 10.3. The standard InChI is InChI=1S/C16H18N6O3/c1-23-11-25-13-6-12(7-17-8-13)22-16-14(9-20-22)15(18-10-19-16)21-2-4-24-5-3-21/h6-10H,2-5,11H2,1H3. The summed E-state index contributed by atoms with van der Waals surface area (Å²) in [6, 6.07) is 1.84. The van der Waals surface area contributed by atoms with Crippen molar-refractivity contribution in [1.82, 2.24) is 24.7 Å². The van der Waals surface area contributed by atoms with Gasteiger partial charge in [-0.05, 0) is 0 Å². The maximum Gasteiger partial charge on any atom is 0.188 e. The monoisotopic (exact) mass is 342 g/mol. The summed E-state index contributed by atoms with van der Waals surface area (Å²) in [5, 5.41) is 5.37. The van der Waals surface area contributed by atoms with Crippen molar-refractivity contribution in [2.45, 2.75) is 0 Å². The van der Waals surface area contributed by atoms with Gasteiger partial charge in [0.1, 0.15) is 17.9 Å². The van der Waals surface area contributed by atoms with Crippen molar-refractivity contribution in [2.75, 3.05) is 45.1 Å². The molecule has 0 N–H and O–H groups in total. The van der Waals surface area contributed by atoms with Gasteiger partial charge in [0, 0.05) is 26.3 Å². The second kappa shape index (κ2) is 6.99. The summed E-state index contributed by atoms with van der Waals surface area (Å²) in [6.07, 6.45) is 6.68. The van der Waals surface area contributed by atoms with Crippen LogP contribution in [0.2, 0.25) is 0 Å². The first-order valence-electron chi connectivity index (χ1n) is 7.95. The quantitative estimate of drug-likeness (QED) is 0.636. The van der Waals surface area contributed by atoms with E-state index in [1.54, 1.807) is 36.7 Å². The highest BCUT2D eigenvalue weighted by atomic mass is 16.7. The lowest BCUT2D eigenvalue weighted by molar-refractivity contribution is 0.0508. The number of fused-ring (bicyclic) bond motifs is 1. The van der Waals surface area contributed by atoms with Crippen LogP contribution in [-0.2, 0) is 9.47 Å². The Bertz CT molecular complexity index is 862. The summed E-state index contributed by atoms with van der Waals surface area (Å²) in [5.41, 5.74) is 1.48. The maximum atomic E-state index is 5.44. The molecule has 0 saturated carbocycles. The molecule has 3 aromatic heterocycles. The van der Waals surface area contributed by atoms with Crippen LogP contribution in [0.25, 0.3) is 16.7 Å². The van der Waals surface area contributed by atoms with Crippen LogP contribution in [0.3, 0.4) is 0 Å². The molecule has 0 unspecified atom stereocenters. The number of hydrogen-bond donors (Lipinski definition) is 0. The smallest absolute Gasteiger partial charge is 0.188 e. The zero-order valence-corrected chi connectivity index (χ0v) is 13.8. The Labute approximate surface area is 144 Å². The molecule has 25 heavy (non-hydrogen) atoms. The summed E-state index contributed by atoms with van der Waals surface area (Å²) in [7, 11) is 1.57. The first-order chi connectivity index (χ1) is 12.4. The van der Waals surface area contributed by atoms with Gasteiger partial charge in [-0.15, -0.1) is 0 Å². The largest absolute Gasteiger partial charge is 0.466 e. The molecular formula is C16H18N6O3. The summed E-state index contributed by atoms with van der Waals surface area (Å²) in [4.78, 5) is 15.2. The predicted molar refractivity (Wildman–Crippen MR) is 90.0 cm³/mol. The van der Waals surface area contributed by atoms with Crippen molar-refractivity contribution in [1.29, 1.82) is 0 Å². The Balaban J connectivity index is 1.71. The number of methoxy groups -OCH3 is 1. The minimum atomic E-state index is 0.161. The molecule has 1 fully saturated rings. The third-order valence-electron chi connectivity index (χ3n) is 3.94. The van der Waals surface area contributed by atoms with Crippen molar-refractivity contribution >= 4 is 16.9 Å². The molecule has 9 nitrogen and oxygen atoms in total. The van der Waals surface area contributed by atoms with Crippen molar-refractivity contribution in [3.8, 4) is 11.4 Å². The Morgan fingerprint density at radius 3 is 2.88 bits per heavy atom. The van der Waals surface area contributed by atoms with E-state index in [4.69, 9.17) is 14.2 Å². The SMILES string of the molecule is COCOc1cncc(-n2ncc3c(N4CCOCC4)ncnc32)c1. The van der Waals surface area contributed by atoms with Crippen LogP contribution >= 0.6 is 0 Å². The van der Waals surface area contributed by atoms with Crippen LogP contribution in [0, 0.1) is 0 Å². The number of ether oxygens (including phenoxy) is 3. The van der Waals surface area contributed by atoms with Gasteiger partial charge in [0.15, 0.2) is 12.4 Å². The van der Waals surface area contributed by atoms with Crippen molar-refractivity contribution in [3.05, 3.63) is 31.0 Å². The van der Waals surface area contributed by atoms with Gasteiger partial charge >= 0.3 is 0 Å². The fourth-order valence-corrected chi connectivity index (χ4v) is 2.78. The third-order valence-corrected chi connectivity index (χ3v) is 3.94. The number of pyridine rings is 1. The number of anilines is 1. The van der Waals surface area contributed by atoms with Gasteiger partial charge < -0.3 is 19.1 Å². The highest BCUT2D eigenvalue weighted by Crippen LogP contribution is 2.25. The van der Waals surface area contributed by atoms with E-state index < -0.39 is 0 Å². The van der Waals surface area contributed by atoms with Gasteiger partial charge in [-0.3, -0.25) is 4.98 Å². The molecule has 0 bridgehead atoms. The lowest BCUT2D eigenvalue weighted by Gasteiger charge is -2.27. The molecule has 1 saturated heterocycles. The molecule has 0 aromatic carbocycles. The second-order valence-corrected chi connectivity index (χ2v) is 5.52. The molecule has 0 aliphatic carbocycles. The summed E-state index contributed by atoms with van der Waals surface area (Å²) < 4.78 is 17.5.